The Morgan fingerprint density at radius 2 is 2.14 bits per heavy atom. The van der Waals surface area contributed by atoms with Crippen LogP contribution >= 0.6 is 15.9 Å². The SMILES string of the molecule is CC=CC=CC(=O)NC(CC(=O)OC)c1cccc(Br)c1. The first-order valence-corrected chi connectivity index (χ1v) is 7.28. The summed E-state index contributed by atoms with van der Waals surface area (Å²) < 4.78 is 5.56. The molecule has 0 saturated heterocycles. The monoisotopic (exact) mass is 351 g/mol. The van der Waals surface area contributed by atoms with Crippen LogP contribution in [-0.2, 0) is 14.3 Å². The van der Waals surface area contributed by atoms with Crippen LogP contribution in [0, 0.1) is 0 Å². The lowest BCUT2D eigenvalue weighted by atomic mass is 10.0. The van der Waals surface area contributed by atoms with Crippen LogP contribution in [0.4, 0.5) is 0 Å². The van der Waals surface area contributed by atoms with E-state index in [1.165, 1.54) is 13.2 Å². The third-order valence-corrected chi connectivity index (χ3v) is 3.21. The van der Waals surface area contributed by atoms with Gasteiger partial charge in [-0.05, 0) is 24.6 Å². The third kappa shape index (κ3) is 6.40. The van der Waals surface area contributed by atoms with E-state index in [4.69, 9.17) is 0 Å². The molecule has 0 saturated carbocycles. The van der Waals surface area contributed by atoms with Crippen molar-refractivity contribution in [1.82, 2.24) is 5.32 Å². The number of ether oxygens (including phenoxy) is 1. The zero-order chi connectivity index (χ0) is 15.7. The number of nitrogens with one attached hydrogen (secondary N) is 1. The second-order valence-corrected chi connectivity index (χ2v) is 5.20. The smallest absolute Gasteiger partial charge is 0.307 e. The molecule has 0 aliphatic rings. The van der Waals surface area contributed by atoms with Gasteiger partial charge in [0.1, 0.15) is 0 Å². The highest BCUT2D eigenvalue weighted by molar-refractivity contribution is 9.10. The van der Waals surface area contributed by atoms with Crippen molar-refractivity contribution in [3.63, 3.8) is 0 Å². The van der Waals surface area contributed by atoms with Gasteiger partial charge in [-0.2, -0.15) is 0 Å². The maximum absolute atomic E-state index is 11.9. The van der Waals surface area contributed by atoms with Crippen LogP contribution in [0.25, 0.3) is 0 Å². The number of hydrogen-bond donors (Lipinski definition) is 1. The molecule has 5 heteroatoms. The van der Waals surface area contributed by atoms with Crippen LogP contribution in [0.2, 0.25) is 0 Å². The van der Waals surface area contributed by atoms with Crippen LogP contribution in [0.5, 0.6) is 0 Å². The van der Waals surface area contributed by atoms with Gasteiger partial charge in [-0.25, -0.2) is 0 Å². The molecule has 112 valence electrons. The van der Waals surface area contributed by atoms with E-state index in [-0.39, 0.29) is 18.3 Å². The van der Waals surface area contributed by atoms with Crippen LogP contribution in [0.3, 0.4) is 0 Å². The van der Waals surface area contributed by atoms with Gasteiger partial charge in [0.15, 0.2) is 0 Å². The Bertz CT molecular complexity index is 552. The Morgan fingerprint density at radius 3 is 2.76 bits per heavy atom. The molecule has 1 unspecified atom stereocenters. The number of rotatable bonds is 6. The average Bonchev–Trinajstić information content (AvgIpc) is 2.46. The summed E-state index contributed by atoms with van der Waals surface area (Å²) in [6.07, 6.45) is 6.72. The molecule has 1 rings (SSSR count). The lowest BCUT2D eigenvalue weighted by Gasteiger charge is -2.17. The molecule has 0 aromatic heterocycles. The second-order valence-electron chi connectivity index (χ2n) is 4.28. The Hall–Kier alpha value is -1.88. The van der Waals surface area contributed by atoms with Gasteiger partial charge in [0, 0.05) is 10.5 Å². The molecule has 1 aromatic rings. The predicted molar refractivity (Wildman–Crippen MR) is 85.6 cm³/mol. The molecular weight excluding hydrogens is 334 g/mol. The van der Waals surface area contributed by atoms with E-state index in [1.54, 1.807) is 12.2 Å². The average molecular weight is 352 g/mol. The molecule has 4 nitrogen and oxygen atoms in total. The zero-order valence-corrected chi connectivity index (χ0v) is 13.6. The molecule has 0 aliphatic carbocycles. The number of hydrogen-bond acceptors (Lipinski definition) is 3. The van der Waals surface area contributed by atoms with Gasteiger partial charge in [0.25, 0.3) is 0 Å². The van der Waals surface area contributed by atoms with Gasteiger partial charge < -0.3 is 10.1 Å². The molecule has 0 spiro atoms. The van der Waals surface area contributed by atoms with Crippen molar-refractivity contribution in [3.05, 3.63) is 58.6 Å². The molecule has 0 fully saturated rings. The summed E-state index contributed by atoms with van der Waals surface area (Å²) in [5, 5.41) is 2.80. The highest BCUT2D eigenvalue weighted by atomic mass is 79.9. The summed E-state index contributed by atoms with van der Waals surface area (Å²) in [5.41, 5.74) is 0.836. The van der Waals surface area contributed by atoms with Crippen LogP contribution < -0.4 is 5.32 Å². The van der Waals surface area contributed by atoms with Crippen LogP contribution in [0.1, 0.15) is 24.9 Å². The fourth-order valence-electron chi connectivity index (χ4n) is 1.70. The molecule has 0 bridgehead atoms. The van der Waals surface area contributed by atoms with Crippen molar-refractivity contribution in [1.29, 1.82) is 0 Å². The Kier molecular flexibility index (Phi) is 7.46. The van der Waals surface area contributed by atoms with E-state index in [0.29, 0.717) is 0 Å². The summed E-state index contributed by atoms with van der Waals surface area (Å²) in [6.45, 7) is 1.86. The quantitative estimate of drug-likeness (QED) is 0.486. The first kappa shape index (κ1) is 17.2. The molecule has 0 aliphatic heterocycles. The number of benzene rings is 1. The number of carbonyl (C=O) groups excluding carboxylic acids is 2. The number of allylic oxidation sites excluding steroid dienone is 3. The normalized spacial score (nSPS) is 12.5. The minimum atomic E-state index is -0.433. The summed E-state index contributed by atoms with van der Waals surface area (Å²) in [5.74, 6) is -0.639. The van der Waals surface area contributed by atoms with Gasteiger partial charge in [-0.1, -0.05) is 46.3 Å². The zero-order valence-electron chi connectivity index (χ0n) is 12.0. The Labute approximate surface area is 133 Å². The van der Waals surface area contributed by atoms with Crippen molar-refractivity contribution in [2.24, 2.45) is 0 Å². The minimum Gasteiger partial charge on any atom is -0.469 e. The maximum atomic E-state index is 11.9. The van der Waals surface area contributed by atoms with Crippen LogP contribution in [0.15, 0.2) is 53.0 Å². The van der Waals surface area contributed by atoms with Crippen molar-refractivity contribution in [2.75, 3.05) is 7.11 Å². The first-order valence-electron chi connectivity index (χ1n) is 6.49. The molecule has 21 heavy (non-hydrogen) atoms. The molecule has 1 atom stereocenters. The van der Waals surface area contributed by atoms with Crippen molar-refractivity contribution in [3.8, 4) is 0 Å². The van der Waals surface area contributed by atoms with E-state index in [2.05, 4.69) is 26.0 Å². The van der Waals surface area contributed by atoms with Crippen LogP contribution in [-0.4, -0.2) is 19.0 Å². The Balaban J connectivity index is 2.87. The van der Waals surface area contributed by atoms with Gasteiger partial charge >= 0.3 is 5.97 Å². The number of esters is 1. The third-order valence-electron chi connectivity index (χ3n) is 2.72. The summed E-state index contributed by atoms with van der Waals surface area (Å²) in [6, 6.07) is 7.02. The fourth-order valence-corrected chi connectivity index (χ4v) is 2.12. The maximum Gasteiger partial charge on any atom is 0.307 e. The topological polar surface area (TPSA) is 55.4 Å². The minimum absolute atomic E-state index is 0.0795. The number of carbonyl (C=O) groups is 2. The highest BCUT2D eigenvalue weighted by Gasteiger charge is 2.18. The van der Waals surface area contributed by atoms with Crippen molar-refractivity contribution < 1.29 is 14.3 Å². The number of halogens is 1. The Morgan fingerprint density at radius 1 is 1.38 bits per heavy atom. The molecule has 0 radical (unpaired) electrons. The lowest BCUT2D eigenvalue weighted by molar-refractivity contribution is -0.141. The molecule has 1 N–H and O–H groups in total. The number of amides is 1. The van der Waals surface area contributed by atoms with Crippen molar-refractivity contribution >= 4 is 27.8 Å². The lowest BCUT2D eigenvalue weighted by Crippen LogP contribution is -2.29. The highest BCUT2D eigenvalue weighted by Crippen LogP contribution is 2.21. The number of methoxy groups -OCH3 is 1. The second kappa shape index (κ2) is 9.13. The van der Waals surface area contributed by atoms with Gasteiger partial charge in [-0.15, -0.1) is 0 Å². The standard InChI is InChI=1S/C16H18BrNO3/c1-3-4-5-9-15(19)18-14(11-16(20)21-2)12-7-6-8-13(17)10-12/h3-10,14H,11H2,1-2H3,(H,18,19). The first-order chi connectivity index (χ1) is 10.1. The largest absolute Gasteiger partial charge is 0.469 e. The predicted octanol–water partition coefficient (Wildman–Crippen LogP) is 3.30. The molecule has 0 heterocycles. The van der Waals surface area contributed by atoms with E-state index < -0.39 is 6.04 Å². The van der Waals surface area contributed by atoms with E-state index in [9.17, 15) is 9.59 Å². The van der Waals surface area contributed by atoms with E-state index >= 15 is 0 Å². The summed E-state index contributed by atoms with van der Waals surface area (Å²) in [4.78, 5) is 23.4. The molecule has 1 amide bonds. The summed E-state index contributed by atoms with van der Waals surface area (Å²) >= 11 is 3.38. The van der Waals surface area contributed by atoms with E-state index in [0.717, 1.165) is 10.0 Å². The van der Waals surface area contributed by atoms with E-state index in [1.807, 2.05) is 37.3 Å². The molecular formula is C16H18BrNO3. The van der Waals surface area contributed by atoms with Gasteiger partial charge in [0.2, 0.25) is 5.91 Å². The fraction of sp³-hybridized carbons (Fsp3) is 0.250. The van der Waals surface area contributed by atoms with Gasteiger partial charge in [-0.3, -0.25) is 9.59 Å². The summed E-state index contributed by atoms with van der Waals surface area (Å²) in [7, 11) is 1.33. The molecule has 1 aromatic carbocycles. The van der Waals surface area contributed by atoms with Crippen molar-refractivity contribution in [2.45, 2.75) is 19.4 Å². The van der Waals surface area contributed by atoms with Gasteiger partial charge in [0.05, 0.1) is 19.6 Å².